The fourth-order valence-electron chi connectivity index (χ4n) is 2.49. The van der Waals surface area contributed by atoms with Crippen LogP contribution in [0, 0.1) is 5.92 Å². The molecule has 0 spiro atoms. The molecule has 1 aromatic rings. The largest absolute Gasteiger partial charge is 0.497 e. The number of aliphatic hydroxyl groups excluding tert-OH is 2. The second kappa shape index (κ2) is 8.78. The SMILES string of the molecule is COc1ccc2c(c1)/C=C/C[C@H](O)[C@H](O)C(=O)/C=C\[C@@H](C)[C@H](C)OC2=O. The molecule has 0 aromatic heterocycles. The molecule has 0 amide bonds. The number of carbonyl (C=O) groups is 2. The lowest BCUT2D eigenvalue weighted by Gasteiger charge is -2.19. The minimum absolute atomic E-state index is 0.0540. The molecule has 0 unspecified atom stereocenters. The Morgan fingerprint density at radius 3 is 2.58 bits per heavy atom. The number of aliphatic hydroxyl groups is 2. The highest BCUT2D eigenvalue weighted by molar-refractivity contribution is 5.95. The highest BCUT2D eigenvalue weighted by atomic mass is 16.5. The zero-order valence-corrected chi connectivity index (χ0v) is 15.1. The molecule has 26 heavy (non-hydrogen) atoms. The van der Waals surface area contributed by atoms with E-state index in [1.165, 1.54) is 13.2 Å². The van der Waals surface area contributed by atoms with Crippen molar-refractivity contribution in [2.24, 2.45) is 5.92 Å². The Labute approximate surface area is 152 Å². The van der Waals surface area contributed by atoms with Crippen LogP contribution in [0.15, 0.2) is 36.4 Å². The lowest BCUT2D eigenvalue weighted by Crippen LogP contribution is -2.32. The predicted molar refractivity (Wildman–Crippen MR) is 96.8 cm³/mol. The number of esters is 1. The van der Waals surface area contributed by atoms with E-state index in [2.05, 4.69) is 0 Å². The second-order valence-electron chi connectivity index (χ2n) is 6.33. The molecular formula is C20H24O6. The van der Waals surface area contributed by atoms with Crippen molar-refractivity contribution in [1.82, 2.24) is 0 Å². The summed E-state index contributed by atoms with van der Waals surface area (Å²) < 4.78 is 10.7. The number of rotatable bonds is 1. The molecule has 6 heteroatoms. The van der Waals surface area contributed by atoms with Gasteiger partial charge in [0.1, 0.15) is 18.0 Å². The van der Waals surface area contributed by atoms with E-state index in [-0.39, 0.29) is 12.3 Å². The van der Waals surface area contributed by atoms with Crippen molar-refractivity contribution in [2.75, 3.05) is 7.11 Å². The van der Waals surface area contributed by atoms with Gasteiger partial charge in [0.2, 0.25) is 0 Å². The summed E-state index contributed by atoms with van der Waals surface area (Å²) in [6.45, 7) is 3.53. The van der Waals surface area contributed by atoms with E-state index in [0.717, 1.165) is 0 Å². The first-order valence-corrected chi connectivity index (χ1v) is 8.47. The third kappa shape index (κ3) is 4.80. The maximum Gasteiger partial charge on any atom is 0.339 e. The van der Waals surface area contributed by atoms with Crippen molar-refractivity contribution < 1.29 is 29.3 Å². The van der Waals surface area contributed by atoms with Gasteiger partial charge >= 0.3 is 5.97 Å². The molecule has 1 aliphatic heterocycles. The smallest absolute Gasteiger partial charge is 0.339 e. The molecule has 0 saturated heterocycles. The van der Waals surface area contributed by atoms with Crippen LogP contribution in [-0.2, 0) is 9.53 Å². The topological polar surface area (TPSA) is 93.1 Å². The molecule has 0 bridgehead atoms. The van der Waals surface area contributed by atoms with Crippen LogP contribution in [0.5, 0.6) is 5.75 Å². The van der Waals surface area contributed by atoms with Gasteiger partial charge in [-0.1, -0.05) is 25.2 Å². The van der Waals surface area contributed by atoms with Crippen molar-refractivity contribution in [3.05, 3.63) is 47.6 Å². The number of cyclic esters (lactones) is 1. The first-order chi connectivity index (χ1) is 12.3. The van der Waals surface area contributed by atoms with E-state index in [1.54, 1.807) is 50.3 Å². The average Bonchev–Trinajstić information content (AvgIpc) is 2.63. The van der Waals surface area contributed by atoms with Crippen molar-refractivity contribution in [3.63, 3.8) is 0 Å². The van der Waals surface area contributed by atoms with E-state index in [1.807, 2.05) is 0 Å². The Bertz CT molecular complexity index is 721. The van der Waals surface area contributed by atoms with Crippen molar-refractivity contribution >= 4 is 17.8 Å². The first-order valence-electron chi connectivity index (χ1n) is 8.47. The van der Waals surface area contributed by atoms with Gasteiger partial charge in [-0.25, -0.2) is 4.79 Å². The van der Waals surface area contributed by atoms with Gasteiger partial charge in [0.15, 0.2) is 5.78 Å². The highest BCUT2D eigenvalue weighted by Gasteiger charge is 2.23. The summed E-state index contributed by atoms with van der Waals surface area (Å²) in [5.41, 5.74) is 0.933. The quantitative estimate of drug-likeness (QED) is 0.746. The number of carbonyl (C=O) groups excluding carboxylic acids is 2. The second-order valence-corrected chi connectivity index (χ2v) is 6.33. The highest BCUT2D eigenvalue weighted by Crippen LogP contribution is 2.22. The number of benzene rings is 1. The molecule has 0 saturated carbocycles. The van der Waals surface area contributed by atoms with Crippen molar-refractivity contribution in [1.29, 1.82) is 0 Å². The summed E-state index contributed by atoms with van der Waals surface area (Å²) in [6.07, 6.45) is 2.84. The first kappa shape index (κ1) is 19.9. The molecule has 6 nitrogen and oxygen atoms in total. The van der Waals surface area contributed by atoms with E-state index in [0.29, 0.717) is 16.9 Å². The van der Waals surface area contributed by atoms with Gasteiger partial charge in [-0.05, 0) is 43.2 Å². The summed E-state index contributed by atoms with van der Waals surface area (Å²) in [4.78, 5) is 24.5. The molecule has 140 valence electrons. The third-order valence-corrected chi connectivity index (χ3v) is 4.41. The summed E-state index contributed by atoms with van der Waals surface area (Å²) >= 11 is 0. The van der Waals surface area contributed by atoms with Gasteiger partial charge in [-0.2, -0.15) is 0 Å². The Kier molecular flexibility index (Phi) is 6.71. The summed E-state index contributed by atoms with van der Waals surface area (Å²) in [6, 6.07) is 4.97. The molecule has 1 heterocycles. The normalized spacial score (nSPS) is 29.9. The van der Waals surface area contributed by atoms with Gasteiger partial charge in [0, 0.05) is 5.92 Å². The summed E-state index contributed by atoms with van der Waals surface area (Å²) in [5, 5.41) is 19.9. The van der Waals surface area contributed by atoms with Crippen molar-refractivity contribution in [3.8, 4) is 5.75 Å². The van der Waals surface area contributed by atoms with Gasteiger partial charge < -0.3 is 19.7 Å². The van der Waals surface area contributed by atoms with Gasteiger partial charge in [-0.3, -0.25) is 4.79 Å². The summed E-state index contributed by atoms with van der Waals surface area (Å²) in [7, 11) is 1.52. The molecule has 4 atom stereocenters. The van der Waals surface area contributed by atoms with Gasteiger partial charge in [-0.15, -0.1) is 0 Å². The van der Waals surface area contributed by atoms with Gasteiger partial charge in [0.25, 0.3) is 0 Å². The number of hydrogen-bond donors (Lipinski definition) is 2. The zero-order chi connectivity index (χ0) is 19.3. The lowest BCUT2D eigenvalue weighted by atomic mass is 10.00. The van der Waals surface area contributed by atoms with Crippen LogP contribution < -0.4 is 4.74 Å². The fraction of sp³-hybridized carbons (Fsp3) is 0.400. The molecule has 1 aromatic carbocycles. The van der Waals surface area contributed by atoms with Crippen LogP contribution in [0.2, 0.25) is 0 Å². The molecular weight excluding hydrogens is 336 g/mol. The lowest BCUT2D eigenvalue weighted by molar-refractivity contribution is -0.127. The maximum atomic E-state index is 12.5. The number of hydrogen-bond acceptors (Lipinski definition) is 6. The number of fused-ring (bicyclic) bond motifs is 1. The van der Waals surface area contributed by atoms with E-state index >= 15 is 0 Å². The van der Waals surface area contributed by atoms with E-state index < -0.39 is 30.1 Å². The average molecular weight is 360 g/mol. The molecule has 0 fully saturated rings. The number of ether oxygens (including phenoxy) is 2. The van der Waals surface area contributed by atoms with Crippen LogP contribution in [0.1, 0.15) is 36.2 Å². The third-order valence-electron chi connectivity index (χ3n) is 4.41. The Balaban J connectivity index is 2.42. The molecule has 0 radical (unpaired) electrons. The van der Waals surface area contributed by atoms with Crippen LogP contribution in [0.25, 0.3) is 6.08 Å². The molecule has 0 aliphatic carbocycles. The van der Waals surface area contributed by atoms with Crippen LogP contribution in [0.4, 0.5) is 0 Å². The number of ketones is 1. The van der Waals surface area contributed by atoms with Gasteiger partial charge in [0.05, 0.1) is 18.8 Å². The molecule has 2 rings (SSSR count). The van der Waals surface area contributed by atoms with E-state index in [9.17, 15) is 19.8 Å². The van der Waals surface area contributed by atoms with Crippen LogP contribution >= 0.6 is 0 Å². The monoisotopic (exact) mass is 360 g/mol. The van der Waals surface area contributed by atoms with Crippen LogP contribution in [0.3, 0.4) is 0 Å². The summed E-state index contributed by atoms with van der Waals surface area (Å²) in [5.74, 6) is -0.741. The van der Waals surface area contributed by atoms with E-state index in [4.69, 9.17) is 9.47 Å². The molecule has 2 N–H and O–H groups in total. The Hall–Kier alpha value is -2.44. The fourth-order valence-corrected chi connectivity index (χ4v) is 2.49. The Morgan fingerprint density at radius 1 is 1.15 bits per heavy atom. The maximum absolute atomic E-state index is 12.5. The standard InChI is InChI=1S/C20H24O6/c1-12-7-10-18(22)19(23)17(21)6-4-5-14-11-15(25-3)8-9-16(14)20(24)26-13(12)2/h4-5,7-13,17,19,21,23H,6H2,1-3H3/b5-4+,10-7-/t12-,13+,17+,19+/m1/s1. The molecule has 1 aliphatic rings. The zero-order valence-electron chi connectivity index (χ0n) is 15.1. The minimum Gasteiger partial charge on any atom is -0.497 e. The predicted octanol–water partition coefficient (Wildman–Crippen LogP) is 2.14. The van der Waals surface area contributed by atoms with Crippen LogP contribution in [-0.4, -0.2) is 47.4 Å². The Morgan fingerprint density at radius 2 is 1.88 bits per heavy atom. The minimum atomic E-state index is -1.51. The number of methoxy groups -OCH3 is 1. The van der Waals surface area contributed by atoms with Crippen molar-refractivity contribution in [2.45, 2.75) is 38.6 Å².